The van der Waals surface area contributed by atoms with E-state index < -0.39 is 0 Å². The molecule has 1 aliphatic heterocycles. The highest BCUT2D eigenvalue weighted by Gasteiger charge is 2.32. The summed E-state index contributed by atoms with van der Waals surface area (Å²) >= 11 is 0. The molecular weight excluding hydrogens is 392 g/mol. The minimum absolute atomic E-state index is 0.153. The summed E-state index contributed by atoms with van der Waals surface area (Å²) in [5, 5.41) is 0. The zero-order valence-electron chi connectivity index (χ0n) is 18.7. The summed E-state index contributed by atoms with van der Waals surface area (Å²) in [6.07, 6.45) is 7.23. The van der Waals surface area contributed by atoms with Crippen LogP contribution < -0.4 is 14.4 Å². The molecule has 0 N–H and O–H groups in total. The molecule has 1 aromatic carbocycles. The minimum atomic E-state index is 0.153. The number of nitrogens with zero attached hydrogens (tertiary/aromatic N) is 4. The fourth-order valence-corrected chi connectivity index (χ4v) is 4.61. The fourth-order valence-electron chi connectivity index (χ4n) is 4.61. The van der Waals surface area contributed by atoms with Gasteiger partial charge in [0, 0.05) is 37.7 Å². The van der Waals surface area contributed by atoms with Crippen LogP contribution in [0.15, 0.2) is 30.6 Å². The van der Waals surface area contributed by atoms with E-state index in [0.29, 0.717) is 23.3 Å². The molecule has 31 heavy (non-hydrogen) atoms. The third-order valence-electron chi connectivity index (χ3n) is 6.35. The Labute approximate surface area is 184 Å². The number of anilines is 1. The van der Waals surface area contributed by atoms with E-state index in [-0.39, 0.29) is 12.0 Å². The van der Waals surface area contributed by atoms with E-state index in [1.807, 2.05) is 31.2 Å². The maximum Gasteiger partial charge on any atom is 0.226 e. The SMILES string of the molecule is COc1cc(C)ccc1Oc1cc(N2CCN(C(=O)C3CCCCC3)[C@H](C)C2)ncn1. The molecule has 2 aromatic rings. The largest absolute Gasteiger partial charge is 0.493 e. The van der Waals surface area contributed by atoms with Crippen molar-refractivity contribution in [2.75, 3.05) is 31.6 Å². The van der Waals surface area contributed by atoms with Crippen molar-refractivity contribution in [3.63, 3.8) is 0 Å². The van der Waals surface area contributed by atoms with Gasteiger partial charge in [0.05, 0.1) is 7.11 Å². The molecule has 1 aromatic heterocycles. The van der Waals surface area contributed by atoms with Crippen LogP contribution in [0.3, 0.4) is 0 Å². The van der Waals surface area contributed by atoms with Gasteiger partial charge in [-0.3, -0.25) is 4.79 Å². The molecule has 1 saturated carbocycles. The van der Waals surface area contributed by atoms with Gasteiger partial charge in [-0.05, 0) is 44.4 Å². The molecule has 0 radical (unpaired) electrons. The highest BCUT2D eigenvalue weighted by molar-refractivity contribution is 5.79. The van der Waals surface area contributed by atoms with Crippen LogP contribution >= 0.6 is 0 Å². The number of rotatable bonds is 5. The van der Waals surface area contributed by atoms with Gasteiger partial charge in [-0.2, -0.15) is 0 Å². The van der Waals surface area contributed by atoms with E-state index in [9.17, 15) is 4.79 Å². The number of carbonyl (C=O) groups excluding carboxylic acids is 1. The van der Waals surface area contributed by atoms with Crippen molar-refractivity contribution < 1.29 is 14.3 Å². The second-order valence-corrected chi connectivity index (χ2v) is 8.63. The van der Waals surface area contributed by atoms with Gasteiger partial charge in [0.15, 0.2) is 11.5 Å². The summed E-state index contributed by atoms with van der Waals surface area (Å²) in [7, 11) is 1.63. The molecular formula is C24H32N4O3. The Hall–Kier alpha value is -2.83. The van der Waals surface area contributed by atoms with E-state index >= 15 is 0 Å². The van der Waals surface area contributed by atoms with Crippen molar-refractivity contribution in [1.29, 1.82) is 0 Å². The molecule has 166 valence electrons. The number of benzene rings is 1. The third-order valence-corrected chi connectivity index (χ3v) is 6.35. The van der Waals surface area contributed by atoms with Crippen LogP contribution in [0.5, 0.6) is 17.4 Å². The number of amides is 1. The molecule has 2 fully saturated rings. The topological polar surface area (TPSA) is 67.8 Å². The highest BCUT2D eigenvalue weighted by Crippen LogP contribution is 2.32. The van der Waals surface area contributed by atoms with Gasteiger partial charge >= 0.3 is 0 Å². The Bertz CT molecular complexity index is 913. The third kappa shape index (κ3) is 4.92. The summed E-state index contributed by atoms with van der Waals surface area (Å²) < 4.78 is 11.4. The number of piperazine rings is 1. The minimum Gasteiger partial charge on any atom is -0.493 e. The molecule has 0 spiro atoms. The van der Waals surface area contributed by atoms with Crippen molar-refractivity contribution in [3.8, 4) is 17.4 Å². The summed E-state index contributed by atoms with van der Waals surface area (Å²) in [5.41, 5.74) is 1.10. The Morgan fingerprint density at radius 2 is 1.87 bits per heavy atom. The number of hydrogen-bond donors (Lipinski definition) is 0. The Morgan fingerprint density at radius 1 is 1.06 bits per heavy atom. The summed E-state index contributed by atoms with van der Waals surface area (Å²) in [5.74, 6) is 3.13. The monoisotopic (exact) mass is 424 g/mol. The molecule has 2 heterocycles. The quantitative estimate of drug-likeness (QED) is 0.717. The maximum atomic E-state index is 13.0. The molecule has 0 bridgehead atoms. The van der Waals surface area contributed by atoms with Crippen LogP contribution in [-0.2, 0) is 4.79 Å². The predicted molar refractivity (Wildman–Crippen MR) is 120 cm³/mol. The van der Waals surface area contributed by atoms with Crippen LogP contribution in [0.25, 0.3) is 0 Å². The van der Waals surface area contributed by atoms with Crippen molar-refractivity contribution in [1.82, 2.24) is 14.9 Å². The lowest BCUT2D eigenvalue weighted by Crippen LogP contribution is -2.55. The van der Waals surface area contributed by atoms with Gasteiger partial charge in [0.25, 0.3) is 0 Å². The second kappa shape index (κ2) is 9.54. The van der Waals surface area contributed by atoms with Gasteiger partial charge in [0.1, 0.15) is 12.1 Å². The van der Waals surface area contributed by atoms with E-state index in [2.05, 4.69) is 26.7 Å². The molecule has 1 saturated heterocycles. The van der Waals surface area contributed by atoms with E-state index in [4.69, 9.17) is 9.47 Å². The predicted octanol–water partition coefficient (Wildman–Crippen LogP) is 4.20. The number of aromatic nitrogens is 2. The number of ether oxygens (including phenoxy) is 2. The van der Waals surface area contributed by atoms with Crippen LogP contribution in [0.4, 0.5) is 5.82 Å². The second-order valence-electron chi connectivity index (χ2n) is 8.63. The smallest absolute Gasteiger partial charge is 0.226 e. The maximum absolute atomic E-state index is 13.0. The lowest BCUT2D eigenvalue weighted by Gasteiger charge is -2.42. The van der Waals surface area contributed by atoms with E-state index in [0.717, 1.165) is 43.9 Å². The average molecular weight is 425 g/mol. The van der Waals surface area contributed by atoms with Gasteiger partial charge < -0.3 is 19.3 Å². The number of hydrogen-bond acceptors (Lipinski definition) is 6. The molecule has 7 heteroatoms. The van der Waals surface area contributed by atoms with Gasteiger partial charge in [0.2, 0.25) is 11.8 Å². The summed E-state index contributed by atoms with van der Waals surface area (Å²) in [6.45, 7) is 6.37. The Kier molecular flexibility index (Phi) is 6.59. The lowest BCUT2D eigenvalue weighted by molar-refractivity contribution is -0.139. The first kappa shape index (κ1) is 21.4. The zero-order valence-corrected chi connectivity index (χ0v) is 18.7. The summed E-state index contributed by atoms with van der Waals surface area (Å²) in [4.78, 5) is 26.0. The van der Waals surface area contributed by atoms with Crippen LogP contribution in [-0.4, -0.2) is 53.6 Å². The summed E-state index contributed by atoms with van der Waals surface area (Å²) in [6, 6.07) is 7.80. The van der Waals surface area contributed by atoms with Crippen molar-refractivity contribution in [3.05, 3.63) is 36.2 Å². The van der Waals surface area contributed by atoms with Crippen LogP contribution in [0.2, 0.25) is 0 Å². The first-order chi connectivity index (χ1) is 15.0. The molecule has 0 unspecified atom stereocenters. The number of methoxy groups -OCH3 is 1. The fraction of sp³-hybridized carbons (Fsp3) is 0.542. The molecule has 1 amide bonds. The average Bonchev–Trinajstić information content (AvgIpc) is 2.80. The van der Waals surface area contributed by atoms with Gasteiger partial charge in [-0.25, -0.2) is 9.97 Å². The van der Waals surface area contributed by atoms with Crippen molar-refractivity contribution in [2.45, 2.75) is 52.0 Å². The standard InChI is InChI=1S/C24H32N4O3/c1-17-9-10-20(21(13-17)30-3)31-23-14-22(25-16-26-23)27-11-12-28(18(2)15-27)24(29)19-7-5-4-6-8-19/h9-10,13-14,16,18-19H,4-8,11-12,15H2,1-3H3/t18-/m1/s1. The van der Waals surface area contributed by atoms with Gasteiger partial charge in [-0.15, -0.1) is 0 Å². The highest BCUT2D eigenvalue weighted by atomic mass is 16.5. The molecule has 7 nitrogen and oxygen atoms in total. The molecule has 2 aliphatic rings. The van der Waals surface area contributed by atoms with Crippen molar-refractivity contribution in [2.24, 2.45) is 5.92 Å². The van der Waals surface area contributed by atoms with Crippen LogP contribution in [0.1, 0.15) is 44.6 Å². The number of carbonyl (C=O) groups is 1. The van der Waals surface area contributed by atoms with E-state index in [1.54, 1.807) is 7.11 Å². The van der Waals surface area contributed by atoms with E-state index in [1.165, 1.54) is 25.6 Å². The van der Waals surface area contributed by atoms with Crippen LogP contribution in [0, 0.1) is 12.8 Å². The first-order valence-corrected chi connectivity index (χ1v) is 11.2. The molecule has 1 atom stereocenters. The zero-order chi connectivity index (χ0) is 21.8. The van der Waals surface area contributed by atoms with Crippen molar-refractivity contribution >= 4 is 11.7 Å². The molecule has 4 rings (SSSR count). The number of aryl methyl sites for hydroxylation is 1. The first-order valence-electron chi connectivity index (χ1n) is 11.2. The lowest BCUT2D eigenvalue weighted by atomic mass is 9.88. The Morgan fingerprint density at radius 3 is 2.61 bits per heavy atom. The molecule has 1 aliphatic carbocycles. The normalized spacial score (nSPS) is 19.9. The Balaban J connectivity index is 1.42. The van der Waals surface area contributed by atoms with Gasteiger partial charge in [-0.1, -0.05) is 25.3 Å².